The number of aliphatic hydroxyl groups excluding tert-OH is 1. The van der Waals surface area contributed by atoms with E-state index in [1.54, 1.807) is 0 Å². The van der Waals surface area contributed by atoms with Crippen molar-refractivity contribution in [3.63, 3.8) is 0 Å². The fourth-order valence-electron chi connectivity index (χ4n) is 2.46. The van der Waals surface area contributed by atoms with Gasteiger partial charge in [-0.05, 0) is 24.3 Å². The standard InChI is InChI=1S/C17H21ClF3NO5/c1-15(2,3)16(27,14(25)26)12(23)13(24)22(9-8-18)11-6-4-10(5-7-11)17(19,20)21/h4-7,12,23,27H,8-9H2,1-3H3,(H,25,26)/t12-,16+/m0/s1. The van der Waals surface area contributed by atoms with E-state index in [-0.39, 0.29) is 18.1 Å². The predicted octanol–water partition coefficient (Wildman–Crippen LogP) is 2.50. The molecule has 6 nitrogen and oxygen atoms in total. The molecule has 0 unspecified atom stereocenters. The summed E-state index contributed by atoms with van der Waals surface area (Å²) in [6, 6.07) is 3.47. The average molecular weight is 412 g/mol. The van der Waals surface area contributed by atoms with Gasteiger partial charge in [0.25, 0.3) is 5.91 Å². The highest BCUT2D eigenvalue weighted by Gasteiger charge is 2.56. The van der Waals surface area contributed by atoms with Crippen LogP contribution in [0.15, 0.2) is 24.3 Å². The van der Waals surface area contributed by atoms with Gasteiger partial charge in [0.15, 0.2) is 6.10 Å². The van der Waals surface area contributed by atoms with Gasteiger partial charge in [-0.25, -0.2) is 4.79 Å². The van der Waals surface area contributed by atoms with Crippen LogP contribution in [0.5, 0.6) is 0 Å². The van der Waals surface area contributed by atoms with E-state index in [9.17, 15) is 38.1 Å². The molecular weight excluding hydrogens is 391 g/mol. The Morgan fingerprint density at radius 3 is 1.96 bits per heavy atom. The van der Waals surface area contributed by atoms with Crippen LogP contribution in [0.25, 0.3) is 0 Å². The van der Waals surface area contributed by atoms with Gasteiger partial charge in [-0.3, -0.25) is 4.79 Å². The lowest BCUT2D eigenvalue weighted by molar-refractivity contribution is -0.194. The van der Waals surface area contributed by atoms with Crippen molar-refractivity contribution in [3.8, 4) is 0 Å². The molecule has 1 rings (SSSR count). The van der Waals surface area contributed by atoms with Crippen molar-refractivity contribution in [2.24, 2.45) is 5.41 Å². The van der Waals surface area contributed by atoms with Crippen molar-refractivity contribution in [3.05, 3.63) is 29.8 Å². The van der Waals surface area contributed by atoms with Gasteiger partial charge in [-0.1, -0.05) is 20.8 Å². The Hall–Kier alpha value is -1.84. The van der Waals surface area contributed by atoms with Crippen molar-refractivity contribution in [1.29, 1.82) is 0 Å². The Balaban J connectivity index is 3.30. The van der Waals surface area contributed by atoms with Crippen molar-refractivity contribution >= 4 is 29.2 Å². The molecule has 1 amide bonds. The highest BCUT2D eigenvalue weighted by molar-refractivity contribution is 6.18. The van der Waals surface area contributed by atoms with Gasteiger partial charge >= 0.3 is 12.1 Å². The Bertz CT molecular complexity index is 687. The maximum absolute atomic E-state index is 12.7. The summed E-state index contributed by atoms with van der Waals surface area (Å²) in [5.41, 5.74) is -5.24. The minimum absolute atomic E-state index is 0.0330. The third-order valence-electron chi connectivity index (χ3n) is 4.18. The third-order valence-corrected chi connectivity index (χ3v) is 4.35. The summed E-state index contributed by atoms with van der Waals surface area (Å²) in [7, 11) is 0. The van der Waals surface area contributed by atoms with E-state index >= 15 is 0 Å². The first kappa shape index (κ1) is 23.2. The molecule has 1 aromatic carbocycles. The normalized spacial score (nSPS) is 15.7. The number of anilines is 1. The van der Waals surface area contributed by atoms with Crippen molar-refractivity contribution in [2.75, 3.05) is 17.3 Å². The van der Waals surface area contributed by atoms with Crippen LogP contribution in [0.1, 0.15) is 26.3 Å². The van der Waals surface area contributed by atoms with E-state index in [4.69, 9.17) is 11.6 Å². The lowest BCUT2D eigenvalue weighted by Crippen LogP contribution is -2.63. The number of benzene rings is 1. The molecular formula is C17H21ClF3NO5. The van der Waals surface area contributed by atoms with Crippen LogP contribution in [0.2, 0.25) is 0 Å². The minimum atomic E-state index is -4.57. The molecule has 0 heterocycles. The Morgan fingerprint density at radius 2 is 1.63 bits per heavy atom. The zero-order valence-corrected chi connectivity index (χ0v) is 15.7. The zero-order valence-electron chi connectivity index (χ0n) is 14.9. The SMILES string of the molecule is CC(C)(C)[C@](O)(C(=O)O)[C@@H](O)C(=O)N(CCCl)c1ccc(C(F)(F)F)cc1. The summed E-state index contributed by atoms with van der Waals surface area (Å²) in [6.45, 7) is 3.74. The molecule has 0 aliphatic rings. The van der Waals surface area contributed by atoms with E-state index < -0.39 is 40.7 Å². The van der Waals surface area contributed by atoms with Crippen molar-refractivity contribution < 1.29 is 38.1 Å². The average Bonchev–Trinajstić information content (AvgIpc) is 2.55. The Kier molecular flexibility index (Phi) is 6.90. The van der Waals surface area contributed by atoms with Gasteiger partial charge in [0.1, 0.15) is 0 Å². The molecule has 0 fully saturated rings. The molecule has 0 aliphatic carbocycles. The van der Waals surface area contributed by atoms with Gasteiger partial charge in [0, 0.05) is 23.5 Å². The van der Waals surface area contributed by atoms with Crippen LogP contribution in [0.3, 0.4) is 0 Å². The number of carboxylic acids is 1. The van der Waals surface area contributed by atoms with E-state index in [1.807, 2.05) is 0 Å². The van der Waals surface area contributed by atoms with E-state index in [0.29, 0.717) is 0 Å². The first-order valence-electron chi connectivity index (χ1n) is 7.86. The number of hydrogen-bond donors (Lipinski definition) is 3. The molecule has 3 N–H and O–H groups in total. The highest BCUT2D eigenvalue weighted by atomic mass is 35.5. The van der Waals surface area contributed by atoms with Gasteiger partial charge in [-0.15, -0.1) is 11.6 Å². The molecule has 1 aromatic rings. The number of hydrogen-bond acceptors (Lipinski definition) is 4. The number of nitrogens with zero attached hydrogens (tertiary/aromatic N) is 1. The number of carbonyl (C=O) groups is 2. The topological polar surface area (TPSA) is 98.1 Å². The quantitative estimate of drug-likeness (QED) is 0.625. The summed E-state index contributed by atoms with van der Waals surface area (Å²) in [4.78, 5) is 25.1. The molecule has 2 atom stereocenters. The second kappa shape index (κ2) is 8.04. The number of carbonyl (C=O) groups excluding carboxylic acids is 1. The fraction of sp³-hybridized carbons (Fsp3) is 0.529. The maximum atomic E-state index is 12.7. The summed E-state index contributed by atoms with van der Waals surface area (Å²) < 4.78 is 38.1. The molecule has 0 saturated carbocycles. The Labute approximate surface area is 159 Å². The molecule has 10 heteroatoms. The van der Waals surface area contributed by atoms with Crippen LogP contribution in [-0.4, -0.2) is 51.3 Å². The third kappa shape index (κ3) is 4.72. The number of aliphatic hydroxyl groups is 2. The van der Waals surface area contributed by atoms with Gasteiger partial charge in [-0.2, -0.15) is 13.2 Å². The lowest BCUT2D eigenvalue weighted by Gasteiger charge is -2.40. The number of alkyl halides is 4. The summed E-state index contributed by atoms with van der Waals surface area (Å²) in [5, 5.41) is 30.2. The van der Waals surface area contributed by atoms with Crippen LogP contribution in [0.4, 0.5) is 18.9 Å². The van der Waals surface area contributed by atoms with Crippen molar-refractivity contribution in [2.45, 2.75) is 38.7 Å². The second-order valence-electron chi connectivity index (χ2n) is 6.95. The monoisotopic (exact) mass is 411 g/mol. The van der Waals surface area contributed by atoms with Crippen molar-refractivity contribution in [1.82, 2.24) is 0 Å². The van der Waals surface area contributed by atoms with E-state index in [1.165, 1.54) is 20.8 Å². The molecule has 0 bridgehead atoms. The predicted molar refractivity (Wildman–Crippen MR) is 92.6 cm³/mol. The summed E-state index contributed by atoms with van der Waals surface area (Å²) in [5.74, 6) is -3.15. The first-order valence-corrected chi connectivity index (χ1v) is 8.39. The minimum Gasteiger partial charge on any atom is -0.479 e. The summed E-state index contributed by atoms with van der Waals surface area (Å²) in [6.07, 6.45) is -6.95. The number of carboxylic acid groups (broad SMARTS) is 1. The largest absolute Gasteiger partial charge is 0.479 e. The van der Waals surface area contributed by atoms with Crippen LogP contribution < -0.4 is 4.90 Å². The van der Waals surface area contributed by atoms with Gasteiger partial charge in [0.2, 0.25) is 5.60 Å². The molecule has 152 valence electrons. The molecule has 0 saturated heterocycles. The second-order valence-corrected chi connectivity index (χ2v) is 7.33. The fourth-order valence-corrected chi connectivity index (χ4v) is 2.62. The van der Waals surface area contributed by atoms with Crippen LogP contribution in [-0.2, 0) is 15.8 Å². The Morgan fingerprint density at radius 1 is 1.15 bits per heavy atom. The lowest BCUT2D eigenvalue weighted by atomic mass is 9.72. The molecule has 0 radical (unpaired) electrons. The van der Waals surface area contributed by atoms with E-state index in [2.05, 4.69) is 0 Å². The highest BCUT2D eigenvalue weighted by Crippen LogP contribution is 2.35. The molecule has 27 heavy (non-hydrogen) atoms. The smallest absolute Gasteiger partial charge is 0.416 e. The van der Waals surface area contributed by atoms with Crippen LogP contribution >= 0.6 is 11.6 Å². The van der Waals surface area contributed by atoms with Crippen LogP contribution in [0, 0.1) is 5.41 Å². The molecule has 0 aromatic heterocycles. The first-order chi connectivity index (χ1) is 12.2. The van der Waals surface area contributed by atoms with E-state index in [0.717, 1.165) is 29.2 Å². The van der Waals surface area contributed by atoms with Gasteiger partial charge < -0.3 is 20.2 Å². The molecule has 0 aliphatic heterocycles. The zero-order chi connectivity index (χ0) is 21.2. The number of aliphatic carboxylic acids is 1. The molecule has 0 spiro atoms. The number of amides is 1. The maximum Gasteiger partial charge on any atom is 0.416 e. The number of rotatable bonds is 6. The number of halogens is 4. The van der Waals surface area contributed by atoms with Gasteiger partial charge in [0.05, 0.1) is 5.56 Å². The summed E-state index contributed by atoms with van der Waals surface area (Å²) >= 11 is 5.63.